The van der Waals surface area contributed by atoms with Crippen molar-refractivity contribution in [2.75, 3.05) is 47.0 Å². The lowest BCUT2D eigenvalue weighted by Crippen LogP contribution is -2.40. The van der Waals surface area contributed by atoms with Gasteiger partial charge in [-0.2, -0.15) is 0 Å². The van der Waals surface area contributed by atoms with E-state index in [0.717, 1.165) is 50.4 Å². The summed E-state index contributed by atoms with van der Waals surface area (Å²) in [6.07, 6.45) is 6.18. The molecular weight excluding hydrogens is 433 g/mol. The van der Waals surface area contributed by atoms with Crippen molar-refractivity contribution < 1.29 is 13.9 Å². The van der Waals surface area contributed by atoms with Crippen molar-refractivity contribution in [1.82, 2.24) is 10.2 Å². The van der Waals surface area contributed by atoms with E-state index in [1.165, 1.54) is 19.3 Å². The van der Waals surface area contributed by atoms with E-state index in [-0.39, 0.29) is 24.0 Å². The van der Waals surface area contributed by atoms with Gasteiger partial charge in [0.25, 0.3) is 0 Å². The number of nitrogens with zero attached hydrogens (tertiary/aromatic N) is 2. The number of guanidine groups is 1. The second-order valence-corrected chi connectivity index (χ2v) is 6.23. The Bertz CT molecular complexity index is 462. The number of hydrogen-bond donors (Lipinski definition) is 1. The van der Waals surface area contributed by atoms with Crippen LogP contribution in [-0.2, 0) is 16.1 Å². The average molecular weight is 465 g/mol. The number of hydrogen-bond acceptors (Lipinski definition) is 4. The zero-order chi connectivity index (χ0) is 17.0. The lowest BCUT2D eigenvalue weighted by Gasteiger charge is -2.26. The van der Waals surface area contributed by atoms with Gasteiger partial charge >= 0.3 is 0 Å². The Kier molecular flexibility index (Phi) is 11.9. The first-order valence-corrected chi connectivity index (χ1v) is 8.89. The quantitative estimate of drug-likeness (QED) is 0.263. The molecule has 6 nitrogen and oxygen atoms in total. The van der Waals surface area contributed by atoms with E-state index in [1.807, 2.05) is 19.2 Å². The highest BCUT2D eigenvalue weighted by Gasteiger charge is 2.15. The van der Waals surface area contributed by atoms with Crippen molar-refractivity contribution in [2.45, 2.75) is 32.3 Å². The first-order chi connectivity index (χ1) is 11.8. The van der Waals surface area contributed by atoms with Crippen molar-refractivity contribution in [3.8, 4) is 0 Å². The smallest absolute Gasteiger partial charge is 0.193 e. The van der Waals surface area contributed by atoms with Crippen LogP contribution < -0.4 is 5.32 Å². The maximum absolute atomic E-state index is 5.58. The first-order valence-electron chi connectivity index (χ1n) is 8.89. The van der Waals surface area contributed by atoms with Crippen LogP contribution in [-0.4, -0.2) is 57.9 Å². The Morgan fingerprint density at radius 3 is 2.88 bits per heavy atom. The fraction of sp³-hybridized carbons (Fsp3) is 0.722. The van der Waals surface area contributed by atoms with Gasteiger partial charge in [0.15, 0.2) is 5.96 Å². The SMILES string of the molecule is CN=C(NCCCOCc1ccco1)N(C)CCC1CCOCC1.I. The summed E-state index contributed by atoms with van der Waals surface area (Å²) >= 11 is 0. The number of aliphatic imine (C=N–C) groups is 1. The molecule has 2 rings (SSSR count). The molecule has 0 atom stereocenters. The molecule has 1 aliphatic rings. The molecule has 0 aliphatic carbocycles. The second-order valence-electron chi connectivity index (χ2n) is 6.23. The molecule has 144 valence electrons. The van der Waals surface area contributed by atoms with Crippen LogP contribution in [0, 0.1) is 5.92 Å². The maximum Gasteiger partial charge on any atom is 0.193 e. The topological polar surface area (TPSA) is 59.2 Å². The van der Waals surface area contributed by atoms with Crippen LogP contribution in [0.25, 0.3) is 0 Å². The molecule has 2 heterocycles. The van der Waals surface area contributed by atoms with Crippen LogP contribution >= 0.6 is 24.0 Å². The lowest BCUT2D eigenvalue weighted by molar-refractivity contribution is 0.0625. The summed E-state index contributed by atoms with van der Waals surface area (Å²) in [5.41, 5.74) is 0. The first kappa shape index (κ1) is 22.2. The van der Waals surface area contributed by atoms with Crippen LogP contribution in [0.5, 0.6) is 0 Å². The third-order valence-corrected chi connectivity index (χ3v) is 4.36. The average Bonchev–Trinajstić information content (AvgIpc) is 3.13. The monoisotopic (exact) mass is 465 g/mol. The Morgan fingerprint density at radius 2 is 2.20 bits per heavy atom. The van der Waals surface area contributed by atoms with E-state index < -0.39 is 0 Å². The van der Waals surface area contributed by atoms with E-state index in [2.05, 4.69) is 22.3 Å². The molecule has 1 fully saturated rings. The fourth-order valence-electron chi connectivity index (χ4n) is 2.84. The standard InChI is InChI=1S/C18H31N3O3.HI/c1-19-18(21(2)10-6-16-7-13-22-14-8-16)20-9-4-11-23-15-17-5-3-12-24-17;/h3,5,12,16H,4,6-11,13-15H2,1-2H3,(H,19,20);1H. The largest absolute Gasteiger partial charge is 0.467 e. The van der Waals surface area contributed by atoms with E-state index >= 15 is 0 Å². The molecule has 1 saturated heterocycles. The van der Waals surface area contributed by atoms with Gasteiger partial charge < -0.3 is 24.1 Å². The van der Waals surface area contributed by atoms with Crippen molar-refractivity contribution in [1.29, 1.82) is 0 Å². The Labute approximate surface area is 168 Å². The van der Waals surface area contributed by atoms with Crippen molar-refractivity contribution in [3.63, 3.8) is 0 Å². The molecule has 7 heteroatoms. The molecule has 25 heavy (non-hydrogen) atoms. The Hall–Kier alpha value is -0.800. The van der Waals surface area contributed by atoms with Gasteiger partial charge in [-0.3, -0.25) is 4.99 Å². The van der Waals surface area contributed by atoms with Gasteiger partial charge in [0, 0.05) is 47.0 Å². The van der Waals surface area contributed by atoms with E-state index in [4.69, 9.17) is 13.9 Å². The molecule has 0 amide bonds. The van der Waals surface area contributed by atoms with E-state index in [0.29, 0.717) is 13.2 Å². The van der Waals surface area contributed by atoms with E-state index in [9.17, 15) is 0 Å². The van der Waals surface area contributed by atoms with Crippen LogP contribution in [0.3, 0.4) is 0 Å². The summed E-state index contributed by atoms with van der Waals surface area (Å²) in [4.78, 5) is 6.57. The third kappa shape index (κ3) is 8.91. The van der Waals surface area contributed by atoms with Crippen molar-refractivity contribution in [3.05, 3.63) is 24.2 Å². The highest BCUT2D eigenvalue weighted by molar-refractivity contribution is 14.0. The van der Waals surface area contributed by atoms with Gasteiger partial charge in [0.1, 0.15) is 12.4 Å². The van der Waals surface area contributed by atoms with Crippen LogP contribution in [0.1, 0.15) is 31.4 Å². The predicted molar refractivity (Wildman–Crippen MR) is 111 cm³/mol. The fourth-order valence-corrected chi connectivity index (χ4v) is 2.84. The van der Waals surface area contributed by atoms with Gasteiger partial charge in [-0.15, -0.1) is 24.0 Å². The highest BCUT2D eigenvalue weighted by atomic mass is 127. The number of nitrogens with one attached hydrogen (secondary N) is 1. The number of ether oxygens (including phenoxy) is 2. The molecule has 0 bridgehead atoms. The molecule has 1 N–H and O–H groups in total. The number of halogens is 1. The minimum atomic E-state index is 0. The van der Waals surface area contributed by atoms with Crippen molar-refractivity contribution in [2.24, 2.45) is 10.9 Å². The molecule has 1 aromatic rings. The molecule has 1 aliphatic heterocycles. The summed E-state index contributed by atoms with van der Waals surface area (Å²) in [6, 6.07) is 3.80. The van der Waals surface area contributed by atoms with Crippen LogP contribution in [0.15, 0.2) is 27.8 Å². The van der Waals surface area contributed by atoms with E-state index in [1.54, 1.807) is 6.26 Å². The van der Waals surface area contributed by atoms with Crippen LogP contribution in [0.4, 0.5) is 0 Å². The zero-order valence-corrected chi connectivity index (χ0v) is 17.7. The molecular formula is C18H32IN3O3. The molecule has 0 saturated carbocycles. The molecule has 0 spiro atoms. The van der Waals surface area contributed by atoms with Gasteiger partial charge in [-0.1, -0.05) is 0 Å². The number of furan rings is 1. The lowest BCUT2D eigenvalue weighted by atomic mass is 9.96. The van der Waals surface area contributed by atoms with Gasteiger partial charge in [-0.05, 0) is 43.7 Å². The minimum absolute atomic E-state index is 0. The number of rotatable bonds is 9. The van der Waals surface area contributed by atoms with Crippen LogP contribution in [0.2, 0.25) is 0 Å². The second kappa shape index (κ2) is 13.4. The Morgan fingerprint density at radius 1 is 1.40 bits per heavy atom. The molecule has 1 aromatic heterocycles. The highest BCUT2D eigenvalue weighted by Crippen LogP contribution is 2.18. The molecule has 0 aromatic carbocycles. The summed E-state index contributed by atoms with van der Waals surface area (Å²) in [6.45, 7) is 4.95. The van der Waals surface area contributed by atoms with Gasteiger partial charge in [0.2, 0.25) is 0 Å². The molecule has 0 radical (unpaired) electrons. The Balaban J connectivity index is 0.00000312. The van der Waals surface area contributed by atoms with Crippen molar-refractivity contribution >= 4 is 29.9 Å². The molecule has 0 unspecified atom stereocenters. The summed E-state index contributed by atoms with van der Waals surface area (Å²) in [7, 11) is 3.93. The maximum atomic E-state index is 5.58. The zero-order valence-electron chi connectivity index (χ0n) is 15.4. The van der Waals surface area contributed by atoms with Gasteiger partial charge in [0.05, 0.1) is 6.26 Å². The van der Waals surface area contributed by atoms with Gasteiger partial charge in [-0.25, -0.2) is 0 Å². The minimum Gasteiger partial charge on any atom is -0.467 e. The normalized spacial score (nSPS) is 15.7. The summed E-state index contributed by atoms with van der Waals surface area (Å²) in [5.74, 6) is 2.61. The summed E-state index contributed by atoms with van der Waals surface area (Å²) in [5, 5.41) is 3.40. The summed E-state index contributed by atoms with van der Waals surface area (Å²) < 4.78 is 16.2. The third-order valence-electron chi connectivity index (χ3n) is 4.36. The predicted octanol–water partition coefficient (Wildman–Crippen LogP) is 3.13.